The van der Waals surface area contributed by atoms with Gasteiger partial charge in [0.1, 0.15) is 11.5 Å². The van der Waals surface area contributed by atoms with E-state index in [-0.39, 0.29) is 0 Å². The zero-order valence-electron chi connectivity index (χ0n) is 15.8. The first-order valence-electron chi connectivity index (χ1n) is 9.69. The highest BCUT2D eigenvalue weighted by atomic mass is 15.2. The van der Waals surface area contributed by atoms with Gasteiger partial charge in [0, 0.05) is 30.7 Å². The number of aromatic nitrogens is 5. The third kappa shape index (κ3) is 3.27. The molecule has 6 heteroatoms. The van der Waals surface area contributed by atoms with E-state index in [9.17, 15) is 0 Å². The summed E-state index contributed by atoms with van der Waals surface area (Å²) in [5.74, 6) is 1.72. The predicted octanol–water partition coefficient (Wildman–Crippen LogP) is 4.06. The van der Waals surface area contributed by atoms with Crippen LogP contribution in [0.1, 0.15) is 35.8 Å². The average molecular weight is 370 g/mol. The Morgan fingerprint density at radius 2 is 2.00 bits per heavy atom. The lowest BCUT2D eigenvalue weighted by molar-refractivity contribution is 0.240. The highest BCUT2D eigenvalue weighted by Gasteiger charge is 2.28. The van der Waals surface area contributed by atoms with Crippen LogP contribution >= 0.6 is 0 Å². The minimum atomic E-state index is 0.308. The lowest BCUT2D eigenvalue weighted by Crippen LogP contribution is -2.23. The maximum Gasteiger partial charge on any atom is 0.178 e. The van der Waals surface area contributed by atoms with Crippen molar-refractivity contribution in [2.75, 3.05) is 6.54 Å². The highest BCUT2D eigenvalue weighted by Crippen LogP contribution is 2.32. The second-order valence-electron chi connectivity index (χ2n) is 7.40. The summed E-state index contributed by atoms with van der Waals surface area (Å²) in [6.07, 6.45) is 7.87. The number of nitrogens with zero attached hydrogens (tertiary/aromatic N) is 5. The van der Waals surface area contributed by atoms with Crippen molar-refractivity contribution in [1.82, 2.24) is 29.8 Å². The van der Waals surface area contributed by atoms with Crippen molar-refractivity contribution in [3.05, 3.63) is 71.9 Å². The van der Waals surface area contributed by atoms with E-state index in [4.69, 9.17) is 4.98 Å². The van der Waals surface area contributed by atoms with E-state index < -0.39 is 0 Å². The molecule has 4 aromatic rings. The van der Waals surface area contributed by atoms with Crippen LogP contribution in [-0.2, 0) is 6.54 Å². The number of fused-ring (bicyclic) bond motifs is 1. The van der Waals surface area contributed by atoms with E-state index in [0.717, 1.165) is 47.6 Å². The largest absolute Gasteiger partial charge is 0.341 e. The van der Waals surface area contributed by atoms with Gasteiger partial charge < -0.3 is 4.98 Å². The number of rotatable bonds is 4. The average Bonchev–Trinajstić information content (AvgIpc) is 3.35. The van der Waals surface area contributed by atoms with Crippen LogP contribution in [0.3, 0.4) is 0 Å². The van der Waals surface area contributed by atoms with Crippen molar-refractivity contribution in [1.29, 1.82) is 0 Å². The molecule has 0 bridgehead atoms. The standard InChI is InChI=1S/C22H22N6/c1-15-7-8-17-19(11-15)27-22(26-17)20-6-4-10-28(20)14-16-12-24-21(25-13-16)18-5-2-3-9-23-18/h2-3,5,7-9,11-13,20H,4,6,10,14H2,1H3,(H,26,27)/t20-/m1/s1. The van der Waals surface area contributed by atoms with E-state index >= 15 is 0 Å². The number of hydrogen-bond donors (Lipinski definition) is 1. The fourth-order valence-electron chi connectivity index (χ4n) is 3.92. The maximum absolute atomic E-state index is 4.84. The molecule has 140 valence electrons. The molecule has 0 spiro atoms. The molecular formula is C22H22N6. The lowest BCUT2D eigenvalue weighted by Gasteiger charge is -2.22. The molecule has 1 aromatic carbocycles. The van der Waals surface area contributed by atoms with Crippen LogP contribution in [0.15, 0.2) is 55.0 Å². The molecule has 1 aliphatic rings. The van der Waals surface area contributed by atoms with E-state index in [1.165, 1.54) is 12.0 Å². The molecule has 1 aliphatic heterocycles. The molecule has 3 aromatic heterocycles. The van der Waals surface area contributed by atoms with Crippen LogP contribution in [0.2, 0.25) is 0 Å². The van der Waals surface area contributed by atoms with E-state index in [1.807, 2.05) is 30.6 Å². The molecule has 6 nitrogen and oxygen atoms in total. The Morgan fingerprint density at radius 1 is 1.11 bits per heavy atom. The molecule has 0 aliphatic carbocycles. The summed E-state index contributed by atoms with van der Waals surface area (Å²) in [6.45, 7) is 3.99. The van der Waals surface area contributed by atoms with Gasteiger partial charge in [-0.15, -0.1) is 0 Å². The smallest absolute Gasteiger partial charge is 0.178 e. The molecule has 0 amide bonds. The van der Waals surface area contributed by atoms with Crippen LogP contribution < -0.4 is 0 Å². The van der Waals surface area contributed by atoms with Gasteiger partial charge in [-0.3, -0.25) is 9.88 Å². The van der Waals surface area contributed by atoms with Crippen molar-refractivity contribution >= 4 is 11.0 Å². The Morgan fingerprint density at radius 3 is 2.82 bits per heavy atom. The molecule has 0 radical (unpaired) electrons. The molecule has 4 heterocycles. The fourth-order valence-corrected chi connectivity index (χ4v) is 3.92. The zero-order valence-corrected chi connectivity index (χ0v) is 15.8. The fraction of sp³-hybridized carbons (Fsp3) is 0.273. The van der Waals surface area contributed by atoms with Gasteiger partial charge in [0.05, 0.1) is 17.1 Å². The van der Waals surface area contributed by atoms with Gasteiger partial charge in [-0.05, 0) is 56.1 Å². The van der Waals surface area contributed by atoms with Crippen molar-refractivity contribution in [2.24, 2.45) is 0 Å². The molecular weight excluding hydrogens is 348 g/mol. The van der Waals surface area contributed by atoms with Crippen LogP contribution in [-0.4, -0.2) is 36.4 Å². The first-order valence-corrected chi connectivity index (χ1v) is 9.69. The number of benzene rings is 1. The van der Waals surface area contributed by atoms with Crippen LogP contribution in [0.5, 0.6) is 0 Å². The van der Waals surface area contributed by atoms with Crippen LogP contribution in [0.4, 0.5) is 0 Å². The summed E-state index contributed by atoms with van der Waals surface area (Å²) in [6, 6.07) is 12.4. The van der Waals surface area contributed by atoms with Crippen molar-refractivity contribution in [3.8, 4) is 11.5 Å². The zero-order chi connectivity index (χ0) is 18.9. The monoisotopic (exact) mass is 370 g/mol. The van der Waals surface area contributed by atoms with Gasteiger partial charge in [0.25, 0.3) is 0 Å². The number of likely N-dealkylation sites (tertiary alicyclic amines) is 1. The van der Waals surface area contributed by atoms with Gasteiger partial charge >= 0.3 is 0 Å². The summed E-state index contributed by atoms with van der Waals surface area (Å²) in [5.41, 5.74) is 5.31. The summed E-state index contributed by atoms with van der Waals surface area (Å²) in [7, 11) is 0. The number of imidazole rings is 1. The molecule has 1 saturated heterocycles. The Balaban J connectivity index is 1.35. The molecule has 5 rings (SSSR count). The number of hydrogen-bond acceptors (Lipinski definition) is 5. The van der Waals surface area contributed by atoms with Gasteiger partial charge in [0.2, 0.25) is 0 Å². The minimum absolute atomic E-state index is 0.308. The van der Waals surface area contributed by atoms with Crippen molar-refractivity contribution in [3.63, 3.8) is 0 Å². The van der Waals surface area contributed by atoms with Gasteiger partial charge in [0.15, 0.2) is 5.82 Å². The topological polar surface area (TPSA) is 70.6 Å². The summed E-state index contributed by atoms with van der Waals surface area (Å²) in [5, 5.41) is 0. The van der Waals surface area contributed by atoms with Gasteiger partial charge in [-0.25, -0.2) is 15.0 Å². The number of aromatic amines is 1. The number of aryl methyl sites for hydroxylation is 1. The third-order valence-corrected chi connectivity index (χ3v) is 5.32. The molecule has 1 atom stereocenters. The quantitative estimate of drug-likeness (QED) is 0.587. The first-order chi connectivity index (χ1) is 13.8. The second-order valence-corrected chi connectivity index (χ2v) is 7.40. The summed E-state index contributed by atoms with van der Waals surface area (Å²) >= 11 is 0. The minimum Gasteiger partial charge on any atom is -0.341 e. The third-order valence-electron chi connectivity index (χ3n) is 5.32. The predicted molar refractivity (Wildman–Crippen MR) is 108 cm³/mol. The Kier molecular flexibility index (Phi) is 4.33. The highest BCUT2D eigenvalue weighted by molar-refractivity contribution is 5.75. The maximum atomic E-state index is 4.84. The summed E-state index contributed by atoms with van der Waals surface area (Å²) in [4.78, 5) is 24.2. The number of pyridine rings is 1. The van der Waals surface area contributed by atoms with E-state index in [1.54, 1.807) is 6.20 Å². The van der Waals surface area contributed by atoms with Crippen LogP contribution in [0.25, 0.3) is 22.6 Å². The molecule has 28 heavy (non-hydrogen) atoms. The van der Waals surface area contributed by atoms with E-state index in [2.05, 4.69) is 50.0 Å². The molecule has 1 fully saturated rings. The number of H-pyrrole nitrogens is 1. The molecule has 0 saturated carbocycles. The first kappa shape index (κ1) is 17.0. The number of nitrogens with one attached hydrogen (secondary N) is 1. The Bertz CT molecular complexity index is 1090. The summed E-state index contributed by atoms with van der Waals surface area (Å²) < 4.78 is 0. The SMILES string of the molecule is Cc1ccc2nc([C@H]3CCCN3Cc3cnc(-c4ccccn4)nc3)[nH]c2c1. The Labute approximate surface area is 163 Å². The second kappa shape index (κ2) is 7.13. The van der Waals surface area contributed by atoms with Crippen molar-refractivity contribution < 1.29 is 0 Å². The van der Waals surface area contributed by atoms with Gasteiger partial charge in [-0.2, -0.15) is 0 Å². The van der Waals surface area contributed by atoms with Crippen LogP contribution in [0, 0.1) is 6.92 Å². The van der Waals surface area contributed by atoms with Gasteiger partial charge in [-0.1, -0.05) is 12.1 Å². The van der Waals surface area contributed by atoms with Crippen molar-refractivity contribution in [2.45, 2.75) is 32.4 Å². The molecule has 0 unspecified atom stereocenters. The normalized spacial score (nSPS) is 17.4. The lowest BCUT2D eigenvalue weighted by atomic mass is 10.2. The molecule has 1 N–H and O–H groups in total. The van der Waals surface area contributed by atoms with E-state index in [0.29, 0.717) is 11.9 Å². The Hall–Kier alpha value is -3.12.